The molecule has 0 saturated carbocycles. The third-order valence-electron chi connectivity index (χ3n) is 14.3. The Balaban J connectivity index is 1.01. The normalized spacial score (nSPS) is 13.1. The van der Waals surface area contributed by atoms with Gasteiger partial charge < -0.3 is 18.7 Å². The van der Waals surface area contributed by atoms with Crippen molar-refractivity contribution in [1.82, 2.24) is 23.6 Å². The van der Waals surface area contributed by atoms with Crippen LogP contribution >= 0.6 is 0 Å². The van der Waals surface area contributed by atoms with Gasteiger partial charge in [-0.05, 0) is 115 Å². The van der Waals surface area contributed by atoms with Gasteiger partial charge in [-0.1, -0.05) is 104 Å². The lowest BCUT2D eigenvalue weighted by atomic mass is 9.98. The van der Waals surface area contributed by atoms with Crippen LogP contribution in [-0.4, -0.2) is 41.9 Å². The van der Waals surface area contributed by atoms with Crippen LogP contribution in [0.4, 0.5) is 0 Å². The monoisotopic (exact) mass is 863 g/mol. The lowest BCUT2D eigenvalue weighted by Gasteiger charge is -2.12. The summed E-state index contributed by atoms with van der Waals surface area (Å²) in [5, 5.41) is 9.40. The Hall–Kier alpha value is -8.68. The summed E-state index contributed by atoms with van der Waals surface area (Å²) in [6, 6.07) is 67.1. The quantitative estimate of drug-likeness (QED) is 0.162. The number of unbranched alkanes of at least 4 members (excludes halogenated alkanes) is 1. The standard InChI is InChI=1S/C60H41N5O2/c1-2-3-31-62-59(66)44-27-24-37(35-49(44)60(62)67)64-55-29-25-38(63-52-19-9-5-14-42(52)43-15-6-10-20-53(43)63)33-47(55)48-34-39(26-30-56(48)64)65-54-21-11-7-16-45(54)58-40(17-12-22-57(58)65)36-23-28-51-46(32-36)41-13-4-8-18-50(41)61-51/h4-30,32-35,61H,2-3,31H2,1H3. The zero-order chi connectivity index (χ0) is 44.5. The third kappa shape index (κ3) is 5.34. The van der Waals surface area contributed by atoms with Gasteiger partial charge in [0.1, 0.15) is 0 Å². The molecule has 14 rings (SSSR count). The molecule has 2 amide bonds. The van der Waals surface area contributed by atoms with Crippen LogP contribution in [0.15, 0.2) is 188 Å². The molecule has 1 aliphatic rings. The molecule has 5 heterocycles. The van der Waals surface area contributed by atoms with Gasteiger partial charge in [0.05, 0.1) is 44.2 Å². The summed E-state index contributed by atoms with van der Waals surface area (Å²) in [7, 11) is 0. The van der Waals surface area contributed by atoms with Crippen LogP contribution in [0.2, 0.25) is 0 Å². The van der Waals surface area contributed by atoms with Crippen molar-refractivity contribution in [3.63, 3.8) is 0 Å². The number of para-hydroxylation sites is 4. The minimum atomic E-state index is -0.223. The zero-order valence-corrected chi connectivity index (χ0v) is 36.6. The number of hydrogen-bond donors (Lipinski definition) is 1. The first-order chi connectivity index (χ1) is 33.0. The number of carbonyl (C=O) groups is 2. The minimum Gasteiger partial charge on any atom is -0.355 e. The SMILES string of the molecule is CCCCN1C(=O)c2ccc(-n3c4ccc(-n5c6ccccc6c6ccccc65)cc4c4cc(-n5c6ccccc6c6c(-c7ccc8[nH]c9ccccc9c8c7)cccc65)ccc43)cc2C1=O. The van der Waals surface area contributed by atoms with Crippen molar-refractivity contribution in [2.75, 3.05) is 6.54 Å². The number of nitrogens with zero attached hydrogens (tertiary/aromatic N) is 4. The van der Waals surface area contributed by atoms with Crippen LogP contribution < -0.4 is 0 Å². The van der Waals surface area contributed by atoms with Gasteiger partial charge in [-0.15, -0.1) is 0 Å². The van der Waals surface area contributed by atoms with Crippen LogP contribution in [0.25, 0.3) is 115 Å². The lowest BCUT2D eigenvalue weighted by Crippen LogP contribution is -2.30. The van der Waals surface area contributed by atoms with Gasteiger partial charge in [0.25, 0.3) is 11.8 Å². The van der Waals surface area contributed by atoms with Gasteiger partial charge in [-0.3, -0.25) is 14.5 Å². The largest absolute Gasteiger partial charge is 0.355 e. The highest BCUT2D eigenvalue weighted by Crippen LogP contribution is 2.43. The number of H-pyrrole nitrogens is 1. The molecule has 0 aliphatic carbocycles. The third-order valence-corrected chi connectivity index (χ3v) is 14.3. The molecule has 7 heteroatoms. The van der Waals surface area contributed by atoms with Gasteiger partial charge in [0.2, 0.25) is 0 Å². The predicted molar refractivity (Wildman–Crippen MR) is 275 cm³/mol. The number of benzene rings is 9. The van der Waals surface area contributed by atoms with Crippen molar-refractivity contribution in [2.24, 2.45) is 0 Å². The van der Waals surface area contributed by atoms with E-state index in [0.29, 0.717) is 17.7 Å². The number of nitrogens with one attached hydrogen (secondary N) is 1. The minimum absolute atomic E-state index is 0.212. The van der Waals surface area contributed by atoms with Crippen molar-refractivity contribution in [3.8, 4) is 28.2 Å². The average Bonchev–Trinajstić information content (AvgIpc) is 4.16. The summed E-state index contributed by atoms with van der Waals surface area (Å²) in [6.45, 7) is 2.49. The number of aromatic nitrogens is 4. The van der Waals surface area contributed by atoms with E-state index in [-0.39, 0.29) is 11.8 Å². The topological polar surface area (TPSA) is 68.0 Å². The smallest absolute Gasteiger partial charge is 0.261 e. The molecule has 0 fully saturated rings. The van der Waals surface area contributed by atoms with E-state index in [1.54, 1.807) is 0 Å². The second kappa shape index (κ2) is 14.2. The molecule has 67 heavy (non-hydrogen) atoms. The number of fused-ring (bicyclic) bond motifs is 13. The van der Waals surface area contributed by atoms with Gasteiger partial charge in [-0.2, -0.15) is 0 Å². The molecule has 4 aromatic heterocycles. The van der Waals surface area contributed by atoms with Crippen molar-refractivity contribution in [1.29, 1.82) is 0 Å². The van der Waals surface area contributed by atoms with E-state index in [0.717, 1.165) is 84.8 Å². The number of carbonyl (C=O) groups excluding carboxylic acids is 2. The first-order valence-corrected chi connectivity index (χ1v) is 23.1. The van der Waals surface area contributed by atoms with E-state index in [1.807, 2.05) is 18.2 Å². The molecule has 318 valence electrons. The second-order valence-corrected chi connectivity index (χ2v) is 17.9. The van der Waals surface area contributed by atoms with E-state index < -0.39 is 0 Å². The van der Waals surface area contributed by atoms with Crippen molar-refractivity contribution in [3.05, 3.63) is 199 Å². The predicted octanol–water partition coefficient (Wildman–Crippen LogP) is 14.7. The molecular formula is C60H41N5O2. The molecule has 9 aromatic carbocycles. The molecule has 7 nitrogen and oxygen atoms in total. The highest BCUT2D eigenvalue weighted by atomic mass is 16.2. The molecule has 1 N–H and O–H groups in total. The Labute approximate surface area is 384 Å². The molecule has 0 spiro atoms. The molecule has 1 aliphatic heterocycles. The molecule has 13 aromatic rings. The first kappa shape index (κ1) is 37.7. The Morgan fingerprint density at radius 2 is 0.910 bits per heavy atom. The highest BCUT2D eigenvalue weighted by molar-refractivity contribution is 6.22. The fourth-order valence-corrected chi connectivity index (χ4v) is 11.2. The molecule has 0 saturated heterocycles. The summed E-state index contributed by atoms with van der Waals surface area (Å²) in [4.78, 5) is 32.3. The summed E-state index contributed by atoms with van der Waals surface area (Å²) < 4.78 is 7.02. The summed E-state index contributed by atoms with van der Waals surface area (Å²) in [5.41, 5.74) is 15.0. The van der Waals surface area contributed by atoms with Gasteiger partial charge in [0, 0.05) is 77.7 Å². The average molecular weight is 864 g/mol. The zero-order valence-electron chi connectivity index (χ0n) is 36.6. The van der Waals surface area contributed by atoms with Gasteiger partial charge in [0.15, 0.2) is 0 Å². The van der Waals surface area contributed by atoms with E-state index in [1.165, 1.54) is 48.3 Å². The number of amides is 2. The molecule has 0 unspecified atom stereocenters. The lowest BCUT2D eigenvalue weighted by molar-refractivity contribution is 0.0652. The molecular weight excluding hydrogens is 823 g/mol. The van der Waals surface area contributed by atoms with Crippen LogP contribution in [0.3, 0.4) is 0 Å². The Morgan fingerprint density at radius 3 is 1.60 bits per heavy atom. The van der Waals surface area contributed by atoms with Crippen molar-refractivity contribution >= 4 is 99.0 Å². The fraction of sp³-hybridized carbons (Fsp3) is 0.0667. The maximum Gasteiger partial charge on any atom is 0.261 e. The maximum atomic E-state index is 13.8. The fourth-order valence-electron chi connectivity index (χ4n) is 11.2. The Morgan fingerprint density at radius 1 is 0.388 bits per heavy atom. The Bertz CT molecular complexity index is 4220. The van der Waals surface area contributed by atoms with Crippen LogP contribution in [-0.2, 0) is 0 Å². The number of rotatable bonds is 7. The molecule has 0 radical (unpaired) electrons. The van der Waals surface area contributed by atoms with Crippen LogP contribution in [0.1, 0.15) is 40.5 Å². The highest BCUT2D eigenvalue weighted by Gasteiger charge is 2.35. The summed E-state index contributed by atoms with van der Waals surface area (Å²) in [5.74, 6) is -0.436. The first-order valence-electron chi connectivity index (χ1n) is 23.1. The molecule has 0 atom stereocenters. The number of aromatic amines is 1. The maximum absolute atomic E-state index is 13.8. The molecule has 0 bridgehead atoms. The number of hydrogen-bond acceptors (Lipinski definition) is 2. The van der Waals surface area contributed by atoms with Crippen molar-refractivity contribution < 1.29 is 9.59 Å². The number of imide groups is 1. The van der Waals surface area contributed by atoms with E-state index in [9.17, 15) is 9.59 Å². The Kier molecular flexibility index (Phi) is 7.96. The van der Waals surface area contributed by atoms with Crippen LogP contribution in [0.5, 0.6) is 0 Å². The van der Waals surface area contributed by atoms with Gasteiger partial charge >= 0.3 is 0 Å². The van der Waals surface area contributed by atoms with Gasteiger partial charge in [-0.25, -0.2) is 0 Å². The van der Waals surface area contributed by atoms with E-state index in [4.69, 9.17) is 0 Å². The van der Waals surface area contributed by atoms with E-state index >= 15 is 0 Å². The van der Waals surface area contributed by atoms with Crippen molar-refractivity contribution in [2.45, 2.75) is 19.8 Å². The summed E-state index contributed by atoms with van der Waals surface area (Å²) in [6.07, 6.45) is 1.67. The second-order valence-electron chi connectivity index (χ2n) is 17.9. The van der Waals surface area contributed by atoms with E-state index in [2.05, 4.69) is 195 Å². The summed E-state index contributed by atoms with van der Waals surface area (Å²) >= 11 is 0. The van der Waals surface area contributed by atoms with Crippen LogP contribution in [0, 0.1) is 0 Å².